The first-order chi connectivity index (χ1) is 10.3. The molecule has 0 unspecified atom stereocenters. The van der Waals surface area contributed by atoms with Crippen molar-refractivity contribution in [2.24, 2.45) is 0 Å². The zero-order valence-electron chi connectivity index (χ0n) is 12.1. The minimum absolute atomic E-state index is 0.704. The van der Waals surface area contributed by atoms with Gasteiger partial charge in [0.1, 0.15) is 0 Å². The number of rotatable bonds is 4. The van der Waals surface area contributed by atoms with E-state index < -0.39 is 0 Å². The van der Waals surface area contributed by atoms with Gasteiger partial charge in [0, 0.05) is 31.5 Å². The first-order valence-electron chi connectivity index (χ1n) is 7.50. The Hall–Kier alpha value is -1.74. The molecular weight excluding hydrogens is 282 g/mol. The van der Waals surface area contributed by atoms with Gasteiger partial charge in [-0.05, 0) is 43.0 Å². The SMILES string of the molecule is Clc1ccncc1NCc1ccc(N2CCCCC2)cc1. The van der Waals surface area contributed by atoms with Crippen molar-refractivity contribution in [3.8, 4) is 0 Å². The zero-order chi connectivity index (χ0) is 14.5. The minimum atomic E-state index is 0.704. The average Bonchev–Trinajstić information content (AvgIpc) is 2.55. The van der Waals surface area contributed by atoms with Crippen LogP contribution in [0.25, 0.3) is 0 Å². The molecule has 1 aromatic heterocycles. The summed E-state index contributed by atoms with van der Waals surface area (Å²) < 4.78 is 0. The first-order valence-corrected chi connectivity index (χ1v) is 7.88. The molecule has 110 valence electrons. The molecule has 1 fully saturated rings. The van der Waals surface area contributed by atoms with E-state index in [-0.39, 0.29) is 0 Å². The van der Waals surface area contributed by atoms with E-state index in [1.807, 2.05) is 0 Å². The van der Waals surface area contributed by atoms with Gasteiger partial charge < -0.3 is 10.2 Å². The van der Waals surface area contributed by atoms with E-state index in [1.165, 1.54) is 43.6 Å². The highest BCUT2D eigenvalue weighted by atomic mass is 35.5. The second-order valence-corrected chi connectivity index (χ2v) is 5.83. The van der Waals surface area contributed by atoms with E-state index in [9.17, 15) is 0 Å². The summed E-state index contributed by atoms with van der Waals surface area (Å²) in [4.78, 5) is 6.55. The zero-order valence-corrected chi connectivity index (χ0v) is 12.8. The summed E-state index contributed by atoms with van der Waals surface area (Å²) in [6.07, 6.45) is 7.43. The molecule has 0 aliphatic carbocycles. The van der Waals surface area contributed by atoms with Crippen molar-refractivity contribution in [1.82, 2.24) is 4.98 Å². The smallest absolute Gasteiger partial charge is 0.0718 e. The lowest BCUT2D eigenvalue weighted by molar-refractivity contribution is 0.578. The monoisotopic (exact) mass is 301 g/mol. The van der Waals surface area contributed by atoms with Crippen LogP contribution in [0.15, 0.2) is 42.7 Å². The molecule has 2 heterocycles. The third kappa shape index (κ3) is 3.67. The Morgan fingerprint density at radius 3 is 2.52 bits per heavy atom. The number of hydrogen-bond acceptors (Lipinski definition) is 3. The van der Waals surface area contributed by atoms with Gasteiger partial charge in [-0.25, -0.2) is 0 Å². The minimum Gasteiger partial charge on any atom is -0.379 e. The maximum atomic E-state index is 6.11. The van der Waals surface area contributed by atoms with E-state index >= 15 is 0 Å². The molecule has 1 saturated heterocycles. The Morgan fingerprint density at radius 2 is 1.81 bits per heavy atom. The number of anilines is 2. The molecule has 2 aromatic rings. The van der Waals surface area contributed by atoms with E-state index in [0.29, 0.717) is 5.02 Å². The third-order valence-corrected chi connectivity index (χ3v) is 4.24. The van der Waals surface area contributed by atoms with E-state index in [4.69, 9.17) is 11.6 Å². The van der Waals surface area contributed by atoms with Crippen LogP contribution in [0.1, 0.15) is 24.8 Å². The number of pyridine rings is 1. The summed E-state index contributed by atoms with van der Waals surface area (Å²) in [5.74, 6) is 0. The summed E-state index contributed by atoms with van der Waals surface area (Å²) in [6.45, 7) is 3.12. The summed E-state index contributed by atoms with van der Waals surface area (Å²) in [6, 6.07) is 10.6. The highest BCUT2D eigenvalue weighted by Gasteiger charge is 2.10. The predicted molar refractivity (Wildman–Crippen MR) is 89.1 cm³/mol. The Labute approximate surface area is 131 Å². The van der Waals surface area contributed by atoms with Crippen molar-refractivity contribution in [3.05, 3.63) is 53.3 Å². The Balaban J connectivity index is 1.60. The molecule has 1 aliphatic heterocycles. The molecule has 0 bridgehead atoms. The van der Waals surface area contributed by atoms with Crippen molar-refractivity contribution in [2.75, 3.05) is 23.3 Å². The van der Waals surface area contributed by atoms with Gasteiger partial charge in [0.15, 0.2) is 0 Å². The lowest BCUT2D eigenvalue weighted by Gasteiger charge is -2.28. The molecule has 1 N–H and O–H groups in total. The lowest BCUT2D eigenvalue weighted by Crippen LogP contribution is -2.29. The maximum absolute atomic E-state index is 6.11. The van der Waals surface area contributed by atoms with E-state index in [2.05, 4.69) is 39.5 Å². The van der Waals surface area contributed by atoms with Crippen LogP contribution in [0.2, 0.25) is 5.02 Å². The van der Waals surface area contributed by atoms with Gasteiger partial charge in [-0.15, -0.1) is 0 Å². The molecule has 0 amide bonds. The Morgan fingerprint density at radius 1 is 1.05 bits per heavy atom. The Kier molecular flexibility index (Phi) is 4.61. The number of aromatic nitrogens is 1. The molecule has 0 atom stereocenters. The van der Waals surface area contributed by atoms with Gasteiger partial charge in [-0.1, -0.05) is 23.7 Å². The number of piperidine rings is 1. The van der Waals surface area contributed by atoms with Gasteiger partial charge in [0.25, 0.3) is 0 Å². The fraction of sp³-hybridized carbons (Fsp3) is 0.353. The third-order valence-electron chi connectivity index (χ3n) is 3.91. The summed E-state index contributed by atoms with van der Waals surface area (Å²) in [7, 11) is 0. The molecule has 3 nitrogen and oxygen atoms in total. The van der Waals surface area contributed by atoms with Crippen LogP contribution in [-0.4, -0.2) is 18.1 Å². The molecule has 21 heavy (non-hydrogen) atoms. The van der Waals surface area contributed by atoms with Gasteiger partial charge in [-0.2, -0.15) is 0 Å². The van der Waals surface area contributed by atoms with E-state index in [0.717, 1.165) is 12.2 Å². The maximum Gasteiger partial charge on any atom is 0.0718 e. The normalized spacial score (nSPS) is 15.0. The topological polar surface area (TPSA) is 28.2 Å². The molecule has 3 rings (SSSR count). The van der Waals surface area contributed by atoms with Crippen molar-refractivity contribution in [3.63, 3.8) is 0 Å². The predicted octanol–water partition coefficient (Wildman–Crippen LogP) is 4.34. The number of nitrogens with zero attached hydrogens (tertiary/aromatic N) is 2. The highest BCUT2D eigenvalue weighted by Crippen LogP contribution is 2.22. The van der Waals surface area contributed by atoms with Crippen molar-refractivity contribution in [2.45, 2.75) is 25.8 Å². The van der Waals surface area contributed by atoms with Crippen LogP contribution >= 0.6 is 11.6 Å². The fourth-order valence-electron chi connectivity index (χ4n) is 2.68. The summed E-state index contributed by atoms with van der Waals surface area (Å²) in [5.41, 5.74) is 3.45. The molecule has 0 saturated carbocycles. The summed E-state index contributed by atoms with van der Waals surface area (Å²) >= 11 is 6.11. The van der Waals surface area contributed by atoms with Gasteiger partial charge in [0.05, 0.1) is 16.9 Å². The van der Waals surface area contributed by atoms with E-state index in [1.54, 1.807) is 18.5 Å². The van der Waals surface area contributed by atoms with Gasteiger partial charge in [0.2, 0.25) is 0 Å². The quantitative estimate of drug-likeness (QED) is 0.910. The number of nitrogens with one attached hydrogen (secondary N) is 1. The van der Waals surface area contributed by atoms with Crippen molar-refractivity contribution >= 4 is 23.0 Å². The molecule has 0 radical (unpaired) electrons. The Bertz CT molecular complexity index is 577. The van der Waals surface area contributed by atoms with Crippen LogP contribution in [0.4, 0.5) is 11.4 Å². The van der Waals surface area contributed by atoms with Crippen molar-refractivity contribution < 1.29 is 0 Å². The number of halogens is 1. The molecular formula is C17H20ClN3. The van der Waals surface area contributed by atoms with Crippen molar-refractivity contribution in [1.29, 1.82) is 0 Å². The average molecular weight is 302 g/mol. The van der Waals surface area contributed by atoms with Crippen LogP contribution in [0.5, 0.6) is 0 Å². The van der Waals surface area contributed by atoms with Gasteiger partial charge >= 0.3 is 0 Å². The van der Waals surface area contributed by atoms with Crippen LogP contribution in [0.3, 0.4) is 0 Å². The van der Waals surface area contributed by atoms with Crippen LogP contribution in [0, 0.1) is 0 Å². The fourth-order valence-corrected chi connectivity index (χ4v) is 2.85. The molecule has 4 heteroatoms. The molecule has 1 aliphatic rings. The standard InChI is InChI=1S/C17H20ClN3/c18-16-8-9-19-13-17(16)20-12-14-4-6-15(7-5-14)21-10-2-1-3-11-21/h4-9,13,20H,1-3,10-12H2. The van der Waals surface area contributed by atoms with Gasteiger partial charge in [-0.3, -0.25) is 4.98 Å². The summed E-state index contributed by atoms with van der Waals surface area (Å²) in [5, 5.41) is 4.02. The number of benzene rings is 1. The first kappa shape index (κ1) is 14.2. The van der Waals surface area contributed by atoms with Crippen LogP contribution < -0.4 is 10.2 Å². The second-order valence-electron chi connectivity index (χ2n) is 5.42. The van der Waals surface area contributed by atoms with Crippen LogP contribution in [-0.2, 0) is 6.54 Å². The largest absolute Gasteiger partial charge is 0.379 e. The molecule has 0 spiro atoms. The lowest BCUT2D eigenvalue weighted by atomic mass is 10.1. The molecule has 1 aromatic carbocycles. The second kappa shape index (κ2) is 6.81. The highest BCUT2D eigenvalue weighted by molar-refractivity contribution is 6.33. The number of hydrogen-bond donors (Lipinski definition) is 1.